The monoisotopic (exact) mass is 579 g/mol. The number of aromatic nitrogens is 2. The summed E-state index contributed by atoms with van der Waals surface area (Å²) < 4.78 is 1.82. The molecule has 0 spiro atoms. The molecule has 7 nitrogen and oxygen atoms in total. The van der Waals surface area contributed by atoms with Crippen LogP contribution < -0.4 is 10.2 Å². The Kier molecular flexibility index (Phi) is 8.42. The third-order valence-electron chi connectivity index (χ3n) is 6.47. The van der Waals surface area contributed by atoms with Gasteiger partial charge in [0.15, 0.2) is 0 Å². The van der Waals surface area contributed by atoms with Gasteiger partial charge in [-0.3, -0.25) is 14.5 Å². The molecule has 0 radical (unpaired) electrons. The molecule has 4 aromatic rings. The second-order valence-corrected chi connectivity index (χ2v) is 12.2. The smallest absolute Gasteiger partial charge is 0.240 e. The van der Waals surface area contributed by atoms with Crippen LogP contribution in [0.5, 0.6) is 0 Å². The maximum atomic E-state index is 13.7. The predicted octanol–water partition coefficient (Wildman–Crippen LogP) is 5.41. The fraction of sp³-hybridized carbons (Fsp3) is 0.276. The van der Waals surface area contributed by atoms with Crippen LogP contribution in [0, 0.1) is 6.92 Å². The van der Waals surface area contributed by atoms with Crippen molar-refractivity contribution in [3.63, 3.8) is 0 Å². The van der Waals surface area contributed by atoms with Crippen molar-refractivity contribution in [2.24, 2.45) is 0 Å². The van der Waals surface area contributed by atoms with Crippen molar-refractivity contribution in [2.75, 3.05) is 44.4 Å². The zero-order chi connectivity index (χ0) is 27.5. The van der Waals surface area contributed by atoms with E-state index in [4.69, 9.17) is 16.7 Å². The van der Waals surface area contributed by atoms with E-state index in [0.717, 1.165) is 32.9 Å². The first-order chi connectivity index (χ1) is 18.8. The third kappa shape index (κ3) is 6.06. The minimum atomic E-state index is -0.208. The van der Waals surface area contributed by atoms with E-state index < -0.39 is 0 Å². The van der Waals surface area contributed by atoms with Gasteiger partial charge >= 0.3 is 0 Å². The van der Waals surface area contributed by atoms with Crippen LogP contribution in [-0.2, 0) is 9.59 Å². The summed E-state index contributed by atoms with van der Waals surface area (Å²) in [6, 6.07) is 19.7. The summed E-state index contributed by atoms with van der Waals surface area (Å²) in [4.78, 5) is 31.5. The van der Waals surface area contributed by atoms with Gasteiger partial charge in [-0.05, 0) is 56.7 Å². The van der Waals surface area contributed by atoms with Crippen LogP contribution in [0.2, 0.25) is 5.02 Å². The van der Waals surface area contributed by atoms with Crippen molar-refractivity contribution < 1.29 is 9.59 Å². The topological polar surface area (TPSA) is 70.5 Å². The number of hydrogen-bond acceptors (Lipinski definition) is 6. The van der Waals surface area contributed by atoms with Crippen LogP contribution in [0.15, 0.2) is 66.0 Å². The summed E-state index contributed by atoms with van der Waals surface area (Å²) in [7, 11) is 3.91. The Morgan fingerprint density at radius 3 is 2.54 bits per heavy atom. The predicted molar refractivity (Wildman–Crippen MR) is 161 cm³/mol. The van der Waals surface area contributed by atoms with Crippen LogP contribution in [0.4, 0.5) is 5.82 Å². The van der Waals surface area contributed by atoms with Crippen LogP contribution >= 0.6 is 34.7 Å². The molecule has 3 heterocycles. The van der Waals surface area contributed by atoms with Crippen LogP contribution in [0.1, 0.15) is 21.3 Å². The molecule has 5 rings (SSSR count). The van der Waals surface area contributed by atoms with Gasteiger partial charge in [0.2, 0.25) is 11.8 Å². The number of anilines is 1. The van der Waals surface area contributed by atoms with E-state index in [2.05, 4.69) is 11.4 Å². The Morgan fingerprint density at radius 1 is 1.13 bits per heavy atom. The van der Waals surface area contributed by atoms with Crippen LogP contribution in [0.3, 0.4) is 0 Å². The first kappa shape index (κ1) is 27.5. The van der Waals surface area contributed by atoms with Gasteiger partial charge in [0.25, 0.3) is 0 Å². The second kappa shape index (κ2) is 12.0. The van der Waals surface area contributed by atoms with Gasteiger partial charge in [-0.15, -0.1) is 23.1 Å². The molecule has 0 saturated heterocycles. The van der Waals surface area contributed by atoms with E-state index in [1.807, 2.05) is 90.6 Å². The number of benzene rings is 2. The van der Waals surface area contributed by atoms with Crippen molar-refractivity contribution in [3.8, 4) is 16.9 Å². The molecule has 0 aliphatic carbocycles. The highest BCUT2D eigenvalue weighted by molar-refractivity contribution is 8.00. The summed E-state index contributed by atoms with van der Waals surface area (Å²) in [5.74, 6) is 0.537. The van der Waals surface area contributed by atoms with Gasteiger partial charge in [-0.25, -0.2) is 4.68 Å². The molecular formula is C29H30ClN5O2S2. The largest absolute Gasteiger partial charge is 0.353 e. The number of amides is 2. The summed E-state index contributed by atoms with van der Waals surface area (Å²) in [5.41, 5.74) is 4.52. The first-order valence-electron chi connectivity index (χ1n) is 12.6. The van der Waals surface area contributed by atoms with E-state index in [-0.39, 0.29) is 29.4 Å². The fourth-order valence-electron chi connectivity index (χ4n) is 4.49. The lowest BCUT2D eigenvalue weighted by Gasteiger charge is -2.23. The highest BCUT2D eigenvalue weighted by atomic mass is 35.5. The van der Waals surface area contributed by atoms with Gasteiger partial charge in [-0.2, -0.15) is 5.10 Å². The highest BCUT2D eigenvalue weighted by Crippen LogP contribution is 2.49. The minimum absolute atomic E-state index is 0.0887. The third-order valence-corrected chi connectivity index (χ3v) is 9.04. The number of nitrogens with one attached hydrogen (secondary N) is 1. The molecule has 2 aromatic heterocycles. The molecule has 2 amide bonds. The number of fused-ring (bicyclic) bond motifs is 1. The molecule has 2 aromatic carbocycles. The standard InChI is InChI=1S/C29H30ClN5O2S2/c1-19-6-12-22(13-7-19)35-29-26(27(32-35)20-8-10-21(30)11-9-20)28(23-5-4-16-38-23)39-18-25(37)34(29)17-24(36)31-14-15-33(2)3/h4-13,16,28H,14-15,17-18H2,1-3H3,(H,31,36)/t28-/m1/s1. The van der Waals surface area contributed by atoms with Crippen molar-refractivity contribution in [3.05, 3.63) is 87.1 Å². The maximum Gasteiger partial charge on any atom is 0.240 e. The van der Waals surface area contributed by atoms with E-state index >= 15 is 0 Å². The first-order valence-corrected chi connectivity index (χ1v) is 14.9. The number of nitrogens with zero attached hydrogens (tertiary/aromatic N) is 4. The molecule has 202 valence electrons. The molecule has 1 atom stereocenters. The fourth-order valence-corrected chi connectivity index (χ4v) is 6.79. The van der Waals surface area contributed by atoms with Gasteiger partial charge in [-0.1, -0.05) is 47.5 Å². The number of likely N-dealkylation sites (N-methyl/N-ethyl adjacent to an activating group) is 1. The maximum absolute atomic E-state index is 13.7. The molecule has 1 aliphatic heterocycles. The number of carbonyl (C=O) groups excluding carboxylic acids is 2. The number of aryl methyl sites for hydroxylation is 1. The van der Waals surface area contributed by atoms with Gasteiger partial charge in [0, 0.05) is 34.1 Å². The molecule has 10 heteroatoms. The van der Waals surface area contributed by atoms with Crippen molar-refractivity contribution in [1.29, 1.82) is 0 Å². The molecular weight excluding hydrogens is 550 g/mol. The SMILES string of the molecule is Cc1ccc(-n2nc(-c3ccc(Cl)cc3)c3c2N(CC(=O)NCCN(C)C)C(=O)CS[C@@H]3c2cccs2)cc1. The number of rotatable bonds is 8. The minimum Gasteiger partial charge on any atom is -0.353 e. The lowest BCUT2D eigenvalue weighted by atomic mass is 10.0. The average molecular weight is 580 g/mol. The summed E-state index contributed by atoms with van der Waals surface area (Å²) in [5, 5.41) is 10.6. The van der Waals surface area contributed by atoms with Crippen molar-refractivity contribution in [1.82, 2.24) is 20.0 Å². The van der Waals surface area contributed by atoms with Gasteiger partial charge < -0.3 is 10.2 Å². The lowest BCUT2D eigenvalue weighted by molar-refractivity contribution is -0.122. The number of carbonyl (C=O) groups is 2. The molecule has 1 aliphatic rings. The summed E-state index contributed by atoms with van der Waals surface area (Å²) in [6.45, 7) is 3.16. The molecule has 0 bridgehead atoms. The molecule has 1 N–H and O–H groups in total. The second-order valence-electron chi connectivity index (χ2n) is 9.68. The number of hydrogen-bond donors (Lipinski definition) is 1. The Hall–Kier alpha value is -3.11. The quantitative estimate of drug-likeness (QED) is 0.302. The molecule has 0 saturated carbocycles. The molecule has 0 fully saturated rings. The zero-order valence-electron chi connectivity index (χ0n) is 22.1. The zero-order valence-corrected chi connectivity index (χ0v) is 24.4. The number of thiophene rings is 1. The average Bonchev–Trinajstić information content (AvgIpc) is 3.55. The van der Waals surface area contributed by atoms with Gasteiger partial charge in [0.1, 0.15) is 12.4 Å². The summed E-state index contributed by atoms with van der Waals surface area (Å²) >= 11 is 9.45. The van der Waals surface area contributed by atoms with E-state index in [0.29, 0.717) is 23.9 Å². The van der Waals surface area contributed by atoms with E-state index in [1.165, 1.54) is 0 Å². The lowest BCUT2D eigenvalue weighted by Crippen LogP contribution is -2.43. The van der Waals surface area contributed by atoms with Crippen molar-refractivity contribution in [2.45, 2.75) is 12.2 Å². The normalized spacial score (nSPS) is 15.4. The summed E-state index contributed by atoms with van der Waals surface area (Å²) in [6.07, 6.45) is 0. The number of thioether (sulfide) groups is 1. The Bertz CT molecular complexity index is 1450. The highest BCUT2D eigenvalue weighted by Gasteiger charge is 2.38. The molecule has 0 unspecified atom stereocenters. The van der Waals surface area contributed by atoms with Crippen molar-refractivity contribution >= 4 is 52.3 Å². The van der Waals surface area contributed by atoms with E-state index in [9.17, 15) is 9.59 Å². The Morgan fingerprint density at radius 2 is 1.87 bits per heavy atom. The van der Waals surface area contributed by atoms with Crippen LogP contribution in [0.25, 0.3) is 16.9 Å². The van der Waals surface area contributed by atoms with Gasteiger partial charge in [0.05, 0.1) is 22.4 Å². The Labute approximate surface area is 241 Å². The molecule has 39 heavy (non-hydrogen) atoms. The van der Waals surface area contributed by atoms with E-state index in [1.54, 1.807) is 28.0 Å². The number of halogens is 1. The Balaban J connectivity index is 1.70. The van der Waals surface area contributed by atoms with Crippen LogP contribution in [-0.4, -0.2) is 66.0 Å².